The summed E-state index contributed by atoms with van der Waals surface area (Å²) >= 11 is 0. The van der Waals surface area contributed by atoms with Gasteiger partial charge in [0.2, 0.25) is 5.75 Å². The smallest absolute Gasteiger partial charge is 0.308 e. The number of para-hydroxylation sites is 1. The summed E-state index contributed by atoms with van der Waals surface area (Å²) < 4.78 is 15.1. The van der Waals surface area contributed by atoms with Gasteiger partial charge >= 0.3 is 17.9 Å². The van der Waals surface area contributed by atoms with E-state index >= 15 is 0 Å². The Bertz CT molecular complexity index is 853. The van der Waals surface area contributed by atoms with Crippen molar-refractivity contribution in [2.24, 2.45) is 0 Å². The lowest BCUT2D eigenvalue weighted by Crippen LogP contribution is -2.15. The molecule has 0 unspecified atom stereocenters. The summed E-state index contributed by atoms with van der Waals surface area (Å²) in [6.07, 6.45) is 0. The molecule has 0 aromatic heterocycles. The summed E-state index contributed by atoms with van der Waals surface area (Å²) in [6.45, 7) is 3.41. The van der Waals surface area contributed by atoms with Crippen LogP contribution in [0.25, 0.3) is 0 Å². The fraction of sp³-hybridized carbons (Fsp3) is 0.158. The van der Waals surface area contributed by atoms with E-state index in [9.17, 15) is 19.2 Å². The molecule has 27 heavy (non-hydrogen) atoms. The van der Waals surface area contributed by atoms with Crippen molar-refractivity contribution in [1.82, 2.24) is 0 Å². The average molecular weight is 371 g/mol. The van der Waals surface area contributed by atoms with Crippen molar-refractivity contribution in [2.75, 3.05) is 5.32 Å². The zero-order chi connectivity index (χ0) is 20.0. The minimum Gasteiger partial charge on any atom is -0.423 e. The van der Waals surface area contributed by atoms with Crippen LogP contribution in [0.15, 0.2) is 42.5 Å². The van der Waals surface area contributed by atoms with Crippen LogP contribution in [0.1, 0.15) is 31.1 Å². The standard InChI is InChI=1S/C19H17NO7/c1-11(21)25-16-9-14(19(24)20-15-7-5-4-6-8-15)10-17(26-12(2)22)18(16)27-13(3)23/h4-10H,1-3H3,(H,20,24). The third kappa shape index (κ3) is 5.67. The molecule has 2 aromatic rings. The number of nitrogens with one attached hydrogen (secondary N) is 1. The number of ether oxygens (including phenoxy) is 3. The molecule has 8 heteroatoms. The van der Waals surface area contributed by atoms with Gasteiger partial charge in [0.1, 0.15) is 0 Å². The predicted octanol–water partition coefficient (Wildman–Crippen LogP) is 2.71. The number of anilines is 1. The molecule has 0 fully saturated rings. The monoisotopic (exact) mass is 371 g/mol. The minimum absolute atomic E-state index is 0.0299. The van der Waals surface area contributed by atoms with Gasteiger partial charge in [0, 0.05) is 32.0 Å². The van der Waals surface area contributed by atoms with Gasteiger partial charge in [0.15, 0.2) is 11.5 Å². The molecule has 0 heterocycles. The van der Waals surface area contributed by atoms with Crippen LogP contribution in [-0.4, -0.2) is 23.8 Å². The predicted molar refractivity (Wildman–Crippen MR) is 94.8 cm³/mol. The van der Waals surface area contributed by atoms with Crippen LogP contribution in [0.3, 0.4) is 0 Å². The molecule has 2 aromatic carbocycles. The first-order valence-electron chi connectivity index (χ1n) is 7.86. The van der Waals surface area contributed by atoms with Crippen LogP contribution in [0.4, 0.5) is 5.69 Å². The summed E-state index contributed by atoms with van der Waals surface area (Å²) in [7, 11) is 0. The van der Waals surface area contributed by atoms with Gasteiger partial charge in [-0.15, -0.1) is 0 Å². The molecule has 0 saturated heterocycles. The topological polar surface area (TPSA) is 108 Å². The SMILES string of the molecule is CC(=O)Oc1cc(C(=O)Nc2ccccc2)cc(OC(C)=O)c1OC(C)=O. The summed E-state index contributed by atoms with van der Waals surface area (Å²) in [4.78, 5) is 46.7. The first-order chi connectivity index (χ1) is 12.8. The molecule has 0 aliphatic carbocycles. The van der Waals surface area contributed by atoms with Crippen molar-refractivity contribution in [3.8, 4) is 17.2 Å². The van der Waals surface area contributed by atoms with Crippen LogP contribution in [0, 0.1) is 0 Å². The second-order valence-electron chi connectivity index (χ2n) is 5.40. The summed E-state index contributed by atoms with van der Waals surface area (Å²) in [5, 5.41) is 2.65. The van der Waals surface area contributed by atoms with E-state index in [0.717, 1.165) is 20.8 Å². The number of hydrogen-bond donors (Lipinski definition) is 1. The van der Waals surface area contributed by atoms with Gasteiger partial charge in [-0.05, 0) is 24.3 Å². The van der Waals surface area contributed by atoms with Crippen LogP contribution in [0.2, 0.25) is 0 Å². The Morgan fingerprint density at radius 2 is 1.22 bits per heavy atom. The van der Waals surface area contributed by atoms with Gasteiger partial charge in [-0.3, -0.25) is 19.2 Å². The van der Waals surface area contributed by atoms with Gasteiger partial charge in [-0.2, -0.15) is 0 Å². The number of amides is 1. The van der Waals surface area contributed by atoms with E-state index in [2.05, 4.69) is 5.32 Å². The molecule has 1 amide bonds. The summed E-state index contributed by atoms with van der Waals surface area (Å²) in [5.41, 5.74) is 0.567. The molecule has 1 N–H and O–H groups in total. The van der Waals surface area contributed by atoms with Gasteiger partial charge in [0.25, 0.3) is 5.91 Å². The van der Waals surface area contributed by atoms with E-state index in [1.165, 1.54) is 12.1 Å². The van der Waals surface area contributed by atoms with Crippen LogP contribution in [-0.2, 0) is 14.4 Å². The van der Waals surface area contributed by atoms with Gasteiger partial charge in [-0.1, -0.05) is 18.2 Å². The maximum absolute atomic E-state index is 12.5. The van der Waals surface area contributed by atoms with E-state index in [1.807, 2.05) is 0 Å². The Labute approximate surface area is 155 Å². The van der Waals surface area contributed by atoms with E-state index in [0.29, 0.717) is 5.69 Å². The van der Waals surface area contributed by atoms with E-state index in [4.69, 9.17) is 14.2 Å². The van der Waals surface area contributed by atoms with Gasteiger partial charge in [0.05, 0.1) is 0 Å². The van der Waals surface area contributed by atoms with Crippen molar-refractivity contribution in [2.45, 2.75) is 20.8 Å². The number of rotatable bonds is 5. The molecule has 0 radical (unpaired) electrons. The summed E-state index contributed by atoms with van der Waals surface area (Å²) in [5.74, 6) is -3.42. The Morgan fingerprint density at radius 1 is 0.741 bits per heavy atom. The highest BCUT2D eigenvalue weighted by atomic mass is 16.6. The van der Waals surface area contributed by atoms with Crippen LogP contribution >= 0.6 is 0 Å². The fourth-order valence-electron chi connectivity index (χ4n) is 2.14. The third-order valence-electron chi connectivity index (χ3n) is 3.07. The maximum atomic E-state index is 12.5. The highest BCUT2D eigenvalue weighted by molar-refractivity contribution is 6.05. The lowest BCUT2D eigenvalue weighted by atomic mass is 10.1. The molecule has 0 bridgehead atoms. The average Bonchev–Trinajstić information content (AvgIpc) is 2.57. The summed E-state index contributed by atoms with van der Waals surface area (Å²) in [6, 6.07) is 11.1. The van der Waals surface area contributed by atoms with E-state index in [1.54, 1.807) is 30.3 Å². The lowest BCUT2D eigenvalue weighted by Gasteiger charge is -2.15. The molecular weight excluding hydrogens is 354 g/mol. The molecule has 0 aliphatic rings. The molecule has 140 valence electrons. The number of carbonyl (C=O) groups is 4. The Morgan fingerprint density at radius 3 is 1.67 bits per heavy atom. The van der Waals surface area contributed by atoms with E-state index < -0.39 is 23.8 Å². The molecule has 0 atom stereocenters. The molecule has 2 rings (SSSR count). The van der Waals surface area contributed by atoms with Crippen molar-refractivity contribution in [3.05, 3.63) is 48.0 Å². The number of hydrogen-bond acceptors (Lipinski definition) is 7. The molecule has 0 spiro atoms. The zero-order valence-electron chi connectivity index (χ0n) is 14.9. The maximum Gasteiger partial charge on any atom is 0.308 e. The quantitative estimate of drug-likeness (QED) is 0.636. The second-order valence-corrected chi connectivity index (χ2v) is 5.40. The van der Waals surface area contributed by atoms with Crippen LogP contribution < -0.4 is 19.5 Å². The van der Waals surface area contributed by atoms with Crippen molar-refractivity contribution < 1.29 is 33.4 Å². The fourth-order valence-corrected chi connectivity index (χ4v) is 2.14. The molecular formula is C19H17NO7. The Hall–Kier alpha value is -3.68. The van der Waals surface area contributed by atoms with Crippen LogP contribution in [0.5, 0.6) is 17.2 Å². The highest BCUT2D eigenvalue weighted by Gasteiger charge is 2.22. The van der Waals surface area contributed by atoms with Crippen molar-refractivity contribution >= 4 is 29.5 Å². The van der Waals surface area contributed by atoms with E-state index in [-0.39, 0.29) is 22.8 Å². The zero-order valence-corrected chi connectivity index (χ0v) is 14.9. The first kappa shape index (κ1) is 19.6. The minimum atomic E-state index is -0.724. The molecule has 0 aliphatic heterocycles. The number of esters is 3. The lowest BCUT2D eigenvalue weighted by molar-refractivity contribution is -0.135. The largest absolute Gasteiger partial charge is 0.423 e. The molecule has 0 saturated carbocycles. The molecule has 8 nitrogen and oxygen atoms in total. The Kier molecular flexibility index (Phi) is 6.27. The van der Waals surface area contributed by atoms with Gasteiger partial charge < -0.3 is 19.5 Å². The number of carbonyl (C=O) groups excluding carboxylic acids is 4. The third-order valence-corrected chi connectivity index (χ3v) is 3.07. The van der Waals surface area contributed by atoms with Crippen molar-refractivity contribution in [3.63, 3.8) is 0 Å². The van der Waals surface area contributed by atoms with Crippen molar-refractivity contribution in [1.29, 1.82) is 0 Å². The first-order valence-corrected chi connectivity index (χ1v) is 7.86. The Balaban J connectivity index is 2.50. The normalized spacial score (nSPS) is 9.89. The number of benzene rings is 2. The van der Waals surface area contributed by atoms with Gasteiger partial charge in [-0.25, -0.2) is 0 Å². The second kappa shape index (κ2) is 8.61. The highest BCUT2D eigenvalue weighted by Crippen LogP contribution is 2.39.